The number of hydrogen-bond acceptors (Lipinski definition) is 4. The molecule has 0 radical (unpaired) electrons. The van der Waals surface area contributed by atoms with E-state index in [1.165, 1.54) is 0 Å². The number of nitrogens with one attached hydrogen (secondary N) is 1. The van der Waals surface area contributed by atoms with Gasteiger partial charge in [-0.2, -0.15) is 0 Å². The second kappa shape index (κ2) is 2.57. The monoisotopic (exact) mass is 167 g/mol. The van der Waals surface area contributed by atoms with Crippen molar-refractivity contribution in [2.24, 2.45) is 5.73 Å². The molecule has 66 valence electrons. The Bertz CT molecular complexity index is 278. The van der Waals surface area contributed by atoms with Crippen molar-refractivity contribution in [3.8, 4) is 0 Å². The average molecular weight is 167 g/mol. The van der Waals surface area contributed by atoms with Gasteiger partial charge in [0, 0.05) is 0 Å². The highest BCUT2D eigenvalue weighted by Gasteiger charge is 2.44. The summed E-state index contributed by atoms with van der Waals surface area (Å²) < 4.78 is 5.45. The van der Waals surface area contributed by atoms with Gasteiger partial charge in [-0.25, -0.2) is 4.98 Å². The van der Waals surface area contributed by atoms with Crippen LogP contribution < -0.4 is 11.1 Å². The van der Waals surface area contributed by atoms with E-state index in [1.807, 2.05) is 7.05 Å². The molecular formula is C8H13N3O. The van der Waals surface area contributed by atoms with E-state index in [1.54, 1.807) is 6.20 Å². The Balaban J connectivity index is 2.13. The molecular weight excluding hydrogens is 154 g/mol. The molecule has 1 aliphatic carbocycles. The number of aromatic nitrogens is 1. The molecule has 0 aliphatic heterocycles. The summed E-state index contributed by atoms with van der Waals surface area (Å²) in [4.78, 5) is 4.14. The van der Waals surface area contributed by atoms with Gasteiger partial charge in [0.05, 0.1) is 18.3 Å². The third-order valence-electron chi connectivity index (χ3n) is 2.12. The van der Waals surface area contributed by atoms with E-state index < -0.39 is 0 Å². The van der Waals surface area contributed by atoms with Crippen LogP contribution in [-0.4, -0.2) is 12.0 Å². The van der Waals surface area contributed by atoms with Crippen molar-refractivity contribution in [1.82, 2.24) is 10.3 Å². The molecule has 0 aromatic carbocycles. The maximum Gasteiger partial charge on any atom is 0.214 e. The molecule has 4 nitrogen and oxygen atoms in total. The van der Waals surface area contributed by atoms with Gasteiger partial charge in [-0.3, -0.25) is 0 Å². The molecule has 1 fully saturated rings. The fourth-order valence-electron chi connectivity index (χ4n) is 1.14. The first kappa shape index (κ1) is 7.76. The van der Waals surface area contributed by atoms with Crippen molar-refractivity contribution in [3.63, 3.8) is 0 Å². The predicted molar refractivity (Wildman–Crippen MR) is 44.4 cm³/mol. The zero-order valence-electron chi connectivity index (χ0n) is 7.13. The van der Waals surface area contributed by atoms with Crippen molar-refractivity contribution in [2.45, 2.75) is 24.9 Å². The first-order chi connectivity index (χ1) is 5.74. The van der Waals surface area contributed by atoms with Crippen molar-refractivity contribution in [3.05, 3.63) is 17.8 Å². The Labute approximate surface area is 71.2 Å². The summed E-state index contributed by atoms with van der Waals surface area (Å²) in [6.07, 6.45) is 3.72. The summed E-state index contributed by atoms with van der Waals surface area (Å²) in [6, 6.07) is 0. The molecule has 1 aromatic heterocycles. The fourth-order valence-corrected chi connectivity index (χ4v) is 1.14. The van der Waals surface area contributed by atoms with Crippen LogP contribution in [0, 0.1) is 0 Å². The van der Waals surface area contributed by atoms with E-state index >= 15 is 0 Å². The highest BCUT2D eigenvalue weighted by atomic mass is 16.4. The van der Waals surface area contributed by atoms with E-state index in [9.17, 15) is 0 Å². The maximum atomic E-state index is 5.90. The van der Waals surface area contributed by atoms with E-state index in [4.69, 9.17) is 10.2 Å². The first-order valence-corrected chi connectivity index (χ1v) is 4.13. The van der Waals surface area contributed by atoms with Crippen LogP contribution in [0.4, 0.5) is 0 Å². The Morgan fingerprint density at radius 2 is 2.50 bits per heavy atom. The van der Waals surface area contributed by atoms with Crippen molar-refractivity contribution in [1.29, 1.82) is 0 Å². The molecule has 0 bridgehead atoms. The minimum Gasteiger partial charge on any atom is -0.442 e. The minimum atomic E-state index is -0.244. The second-order valence-electron chi connectivity index (χ2n) is 3.32. The van der Waals surface area contributed by atoms with Gasteiger partial charge < -0.3 is 15.5 Å². The van der Waals surface area contributed by atoms with Crippen LogP contribution in [0.1, 0.15) is 24.5 Å². The van der Waals surface area contributed by atoms with Gasteiger partial charge in [0.1, 0.15) is 5.76 Å². The van der Waals surface area contributed by atoms with Gasteiger partial charge in [0.2, 0.25) is 5.89 Å². The molecule has 0 unspecified atom stereocenters. The summed E-state index contributed by atoms with van der Waals surface area (Å²) >= 11 is 0. The molecule has 0 spiro atoms. The largest absolute Gasteiger partial charge is 0.442 e. The van der Waals surface area contributed by atoms with E-state index in [-0.39, 0.29) is 5.54 Å². The lowest BCUT2D eigenvalue weighted by molar-refractivity contribution is 0.405. The Kier molecular flexibility index (Phi) is 1.66. The molecule has 12 heavy (non-hydrogen) atoms. The Morgan fingerprint density at radius 1 is 1.75 bits per heavy atom. The highest BCUT2D eigenvalue weighted by Crippen LogP contribution is 2.41. The Morgan fingerprint density at radius 3 is 3.08 bits per heavy atom. The van der Waals surface area contributed by atoms with E-state index in [0.29, 0.717) is 12.4 Å². The third kappa shape index (κ3) is 1.23. The standard InChI is InChI=1S/C8H13N3O/c1-10-4-6-5-11-7(12-6)8(9)2-3-8/h5,10H,2-4,9H2,1H3. The lowest BCUT2D eigenvalue weighted by atomic mass is 10.3. The maximum absolute atomic E-state index is 5.90. The minimum absolute atomic E-state index is 0.244. The van der Waals surface area contributed by atoms with E-state index in [2.05, 4.69) is 10.3 Å². The number of rotatable bonds is 3. The topological polar surface area (TPSA) is 64.1 Å². The normalized spacial score (nSPS) is 19.5. The van der Waals surface area contributed by atoms with Crippen LogP contribution in [0.3, 0.4) is 0 Å². The summed E-state index contributed by atoms with van der Waals surface area (Å²) in [6.45, 7) is 0.711. The second-order valence-corrected chi connectivity index (χ2v) is 3.32. The number of nitrogens with two attached hydrogens (primary N) is 1. The van der Waals surface area contributed by atoms with Crippen LogP contribution >= 0.6 is 0 Å². The van der Waals surface area contributed by atoms with Crippen molar-refractivity contribution in [2.75, 3.05) is 7.05 Å². The molecule has 2 rings (SSSR count). The van der Waals surface area contributed by atoms with Gasteiger partial charge in [0.15, 0.2) is 0 Å². The summed E-state index contributed by atoms with van der Waals surface area (Å²) in [5, 5.41) is 2.99. The molecule has 0 saturated heterocycles. The van der Waals surface area contributed by atoms with Gasteiger partial charge in [-0.1, -0.05) is 0 Å². The van der Waals surface area contributed by atoms with Crippen LogP contribution in [-0.2, 0) is 12.1 Å². The number of nitrogens with zero attached hydrogens (tertiary/aromatic N) is 1. The zero-order chi connectivity index (χ0) is 8.60. The molecule has 1 saturated carbocycles. The molecule has 3 N–H and O–H groups in total. The molecule has 0 amide bonds. The van der Waals surface area contributed by atoms with Crippen molar-refractivity contribution < 1.29 is 4.42 Å². The van der Waals surface area contributed by atoms with Crippen LogP contribution in [0.15, 0.2) is 10.6 Å². The molecule has 1 aliphatic rings. The zero-order valence-corrected chi connectivity index (χ0v) is 7.13. The lowest BCUT2D eigenvalue weighted by Crippen LogP contribution is -2.18. The van der Waals surface area contributed by atoms with Gasteiger partial charge in [-0.15, -0.1) is 0 Å². The number of oxazole rings is 1. The van der Waals surface area contributed by atoms with Crippen LogP contribution in [0.5, 0.6) is 0 Å². The average Bonchev–Trinajstić information content (AvgIpc) is 2.64. The molecule has 4 heteroatoms. The smallest absolute Gasteiger partial charge is 0.214 e. The number of hydrogen-bond donors (Lipinski definition) is 2. The molecule has 1 heterocycles. The summed E-state index contributed by atoms with van der Waals surface area (Å²) in [7, 11) is 1.87. The van der Waals surface area contributed by atoms with E-state index in [0.717, 1.165) is 18.6 Å². The SMILES string of the molecule is CNCc1cnc(C2(N)CC2)o1. The summed E-state index contributed by atoms with van der Waals surface area (Å²) in [5.41, 5.74) is 5.66. The molecule has 1 aromatic rings. The fraction of sp³-hybridized carbons (Fsp3) is 0.625. The van der Waals surface area contributed by atoms with Gasteiger partial charge in [-0.05, 0) is 19.9 Å². The predicted octanol–water partition coefficient (Wildman–Crippen LogP) is 0.342. The quantitative estimate of drug-likeness (QED) is 0.681. The lowest BCUT2D eigenvalue weighted by Gasteiger charge is -2.00. The van der Waals surface area contributed by atoms with Gasteiger partial charge in [0.25, 0.3) is 0 Å². The summed E-state index contributed by atoms with van der Waals surface area (Å²) in [5.74, 6) is 1.54. The first-order valence-electron chi connectivity index (χ1n) is 4.13. The van der Waals surface area contributed by atoms with Crippen LogP contribution in [0.25, 0.3) is 0 Å². The van der Waals surface area contributed by atoms with Crippen molar-refractivity contribution >= 4 is 0 Å². The third-order valence-corrected chi connectivity index (χ3v) is 2.12. The molecule has 0 atom stereocenters. The Hall–Kier alpha value is -0.870. The van der Waals surface area contributed by atoms with Crippen LogP contribution in [0.2, 0.25) is 0 Å². The van der Waals surface area contributed by atoms with Gasteiger partial charge >= 0.3 is 0 Å². The highest BCUT2D eigenvalue weighted by molar-refractivity contribution is 5.13.